The fourth-order valence-electron chi connectivity index (χ4n) is 8.50. The third-order valence-electron chi connectivity index (χ3n) is 11.1. The van der Waals surface area contributed by atoms with Gasteiger partial charge in [0.05, 0.1) is 11.0 Å². The number of benzene rings is 6. The first-order valence-corrected chi connectivity index (χ1v) is 18.5. The van der Waals surface area contributed by atoms with Crippen molar-refractivity contribution in [2.75, 3.05) is 0 Å². The van der Waals surface area contributed by atoms with Crippen molar-refractivity contribution in [1.29, 1.82) is 0 Å². The Morgan fingerprint density at radius 3 is 2.09 bits per heavy atom. The van der Waals surface area contributed by atoms with E-state index in [1.54, 1.807) is 0 Å². The van der Waals surface area contributed by atoms with E-state index < -0.39 is 0 Å². The van der Waals surface area contributed by atoms with Gasteiger partial charge >= 0.3 is 0 Å². The number of fused-ring (bicyclic) bond motifs is 9. The van der Waals surface area contributed by atoms with Crippen LogP contribution in [0.15, 0.2) is 169 Å². The second-order valence-corrected chi connectivity index (χ2v) is 14.6. The van der Waals surface area contributed by atoms with Gasteiger partial charge in [-0.1, -0.05) is 130 Å². The van der Waals surface area contributed by atoms with Crippen LogP contribution < -0.4 is 0 Å². The molecule has 0 atom stereocenters. The summed E-state index contributed by atoms with van der Waals surface area (Å²) in [6, 6.07) is 47.3. The SMILES string of the molecule is C=C/C=C(\C=C/C)n1c2ccc(-c3ccc4oc5c(-c6ccccc6)nc(-c6ccccc6)nc5c4c3)cc2c2cc3c(cc21)C(C)(C)c1ccccc1-3. The maximum Gasteiger partial charge on any atom is 0.180 e. The van der Waals surface area contributed by atoms with E-state index in [0.717, 1.165) is 55.6 Å². The zero-order valence-electron chi connectivity index (χ0n) is 30.5. The quantitative estimate of drug-likeness (QED) is 0.163. The first kappa shape index (κ1) is 31.9. The maximum absolute atomic E-state index is 6.56. The zero-order valence-corrected chi connectivity index (χ0v) is 30.5. The Hall–Kier alpha value is -6.78. The molecule has 0 radical (unpaired) electrons. The lowest BCUT2D eigenvalue weighted by atomic mass is 9.82. The first-order chi connectivity index (χ1) is 26.4. The molecule has 0 N–H and O–H groups in total. The molecule has 54 heavy (non-hydrogen) atoms. The molecule has 0 bridgehead atoms. The van der Waals surface area contributed by atoms with E-state index in [9.17, 15) is 0 Å². The Morgan fingerprint density at radius 2 is 1.33 bits per heavy atom. The van der Waals surface area contributed by atoms with E-state index in [-0.39, 0.29) is 5.41 Å². The van der Waals surface area contributed by atoms with Crippen LogP contribution in [0.4, 0.5) is 0 Å². The number of allylic oxidation sites excluding steroid dienone is 5. The average molecular weight is 696 g/mol. The molecule has 1 aliphatic carbocycles. The molecule has 0 unspecified atom stereocenters. The first-order valence-electron chi connectivity index (χ1n) is 18.5. The van der Waals surface area contributed by atoms with Crippen molar-refractivity contribution in [3.63, 3.8) is 0 Å². The number of aromatic nitrogens is 3. The van der Waals surface area contributed by atoms with Crippen molar-refractivity contribution in [3.05, 3.63) is 175 Å². The van der Waals surface area contributed by atoms with Gasteiger partial charge in [-0.15, -0.1) is 0 Å². The Kier molecular flexibility index (Phi) is 7.18. The molecule has 1 aliphatic rings. The normalized spacial score (nSPS) is 13.7. The summed E-state index contributed by atoms with van der Waals surface area (Å²) in [5.41, 5.74) is 15.9. The fraction of sp³-hybridized carbons (Fsp3) is 0.0800. The van der Waals surface area contributed by atoms with E-state index in [4.69, 9.17) is 14.4 Å². The zero-order chi connectivity index (χ0) is 36.6. The van der Waals surface area contributed by atoms with Crippen LogP contribution in [0, 0.1) is 0 Å². The molecular weight excluding hydrogens is 659 g/mol. The van der Waals surface area contributed by atoms with E-state index >= 15 is 0 Å². The minimum absolute atomic E-state index is 0.109. The summed E-state index contributed by atoms with van der Waals surface area (Å²) in [5, 5.41) is 3.38. The summed E-state index contributed by atoms with van der Waals surface area (Å²) in [7, 11) is 0. The van der Waals surface area contributed by atoms with Crippen LogP contribution in [0.5, 0.6) is 0 Å². The van der Waals surface area contributed by atoms with Gasteiger partial charge in [-0.3, -0.25) is 0 Å². The highest BCUT2D eigenvalue weighted by molar-refractivity contribution is 6.14. The molecule has 3 aromatic heterocycles. The summed E-state index contributed by atoms with van der Waals surface area (Å²) >= 11 is 0. The molecule has 0 fully saturated rings. The minimum atomic E-state index is -0.109. The lowest BCUT2D eigenvalue weighted by Crippen LogP contribution is -2.15. The standard InChI is InChI=1S/C50H37N3O/c1-5-15-35(16-6-2)53-43-25-23-33(27-38(43)39-29-37-36-21-13-14-22-41(36)50(3,4)42(37)30-44(39)53)34-24-26-45-40(28-34)47-48(54-45)46(31-17-9-7-10-18-31)51-49(52-47)32-19-11-8-12-20-32/h5-30H,1H2,2-4H3/b16-6-,35-15+. The van der Waals surface area contributed by atoms with Crippen molar-refractivity contribution < 1.29 is 4.42 Å². The predicted molar refractivity (Wildman–Crippen MR) is 225 cm³/mol. The van der Waals surface area contributed by atoms with E-state index in [1.165, 1.54) is 38.5 Å². The summed E-state index contributed by atoms with van der Waals surface area (Å²) in [6.45, 7) is 10.8. The smallest absolute Gasteiger partial charge is 0.180 e. The van der Waals surface area contributed by atoms with Crippen LogP contribution in [-0.2, 0) is 5.41 Å². The monoisotopic (exact) mass is 695 g/mol. The third-order valence-corrected chi connectivity index (χ3v) is 11.1. The van der Waals surface area contributed by atoms with Gasteiger partial charge in [0.1, 0.15) is 16.8 Å². The number of furan rings is 1. The summed E-state index contributed by atoms with van der Waals surface area (Å²) in [6.07, 6.45) is 8.21. The third kappa shape index (κ3) is 4.77. The van der Waals surface area contributed by atoms with Crippen LogP contribution in [0.25, 0.3) is 94.5 Å². The van der Waals surface area contributed by atoms with Crippen LogP contribution in [0.1, 0.15) is 31.9 Å². The van der Waals surface area contributed by atoms with Gasteiger partial charge in [0.2, 0.25) is 0 Å². The number of hydrogen-bond acceptors (Lipinski definition) is 3. The Labute approximate surface area is 314 Å². The molecule has 0 saturated carbocycles. The highest BCUT2D eigenvalue weighted by Gasteiger charge is 2.36. The molecule has 10 rings (SSSR count). The van der Waals surface area contributed by atoms with Gasteiger partial charge in [-0.2, -0.15) is 0 Å². The van der Waals surface area contributed by atoms with Gasteiger partial charge in [0.15, 0.2) is 11.4 Å². The van der Waals surface area contributed by atoms with Gasteiger partial charge in [-0.25, -0.2) is 9.97 Å². The van der Waals surface area contributed by atoms with Crippen LogP contribution in [0.2, 0.25) is 0 Å². The molecule has 3 heterocycles. The molecule has 6 aromatic carbocycles. The predicted octanol–water partition coefficient (Wildman–Crippen LogP) is 13.4. The van der Waals surface area contributed by atoms with Crippen LogP contribution in [-0.4, -0.2) is 14.5 Å². The average Bonchev–Trinajstić information content (AvgIpc) is 3.82. The van der Waals surface area contributed by atoms with Crippen molar-refractivity contribution in [1.82, 2.24) is 14.5 Å². The van der Waals surface area contributed by atoms with E-state index in [0.29, 0.717) is 11.4 Å². The second-order valence-electron chi connectivity index (χ2n) is 14.6. The topological polar surface area (TPSA) is 43.9 Å². The van der Waals surface area contributed by atoms with Crippen LogP contribution >= 0.6 is 0 Å². The largest absolute Gasteiger partial charge is 0.452 e. The van der Waals surface area contributed by atoms with Crippen molar-refractivity contribution in [2.45, 2.75) is 26.2 Å². The van der Waals surface area contributed by atoms with Gasteiger partial charge < -0.3 is 8.98 Å². The van der Waals surface area contributed by atoms with E-state index in [2.05, 4.69) is 147 Å². The highest BCUT2D eigenvalue weighted by atomic mass is 16.3. The van der Waals surface area contributed by atoms with Crippen molar-refractivity contribution in [2.24, 2.45) is 0 Å². The van der Waals surface area contributed by atoms with Crippen molar-refractivity contribution >= 4 is 49.6 Å². The van der Waals surface area contributed by atoms with Gasteiger partial charge in [0, 0.05) is 38.4 Å². The molecule has 258 valence electrons. The lowest BCUT2D eigenvalue weighted by molar-refractivity contribution is 0.661. The second kappa shape index (κ2) is 12.1. The lowest BCUT2D eigenvalue weighted by Gasteiger charge is -2.21. The Bertz CT molecular complexity index is 3030. The maximum atomic E-state index is 6.56. The summed E-state index contributed by atoms with van der Waals surface area (Å²) in [5.74, 6) is 0.672. The molecule has 0 aliphatic heterocycles. The molecular formula is C50H37N3O. The number of nitrogens with zero attached hydrogens (tertiary/aromatic N) is 3. The van der Waals surface area contributed by atoms with Crippen molar-refractivity contribution in [3.8, 4) is 44.9 Å². The summed E-state index contributed by atoms with van der Waals surface area (Å²) in [4.78, 5) is 10.2. The molecule has 4 heteroatoms. The highest BCUT2D eigenvalue weighted by Crippen LogP contribution is 2.51. The molecule has 4 nitrogen and oxygen atoms in total. The molecule has 0 spiro atoms. The molecule has 0 saturated heterocycles. The van der Waals surface area contributed by atoms with Gasteiger partial charge in [0.25, 0.3) is 0 Å². The minimum Gasteiger partial charge on any atom is -0.452 e. The number of hydrogen-bond donors (Lipinski definition) is 0. The van der Waals surface area contributed by atoms with Gasteiger partial charge in [-0.05, 0) is 88.9 Å². The number of rotatable bonds is 6. The Balaban J connectivity index is 1.21. The van der Waals surface area contributed by atoms with Crippen LogP contribution in [0.3, 0.4) is 0 Å². The van der Waals surface area contributed by atoms with E-state index in [1.807, 2.05) is 42.5 Å². The Morgan fingerprint density at radius 1 is 0.648 bits per heavy atom. The fourth-order valence-corrected chi connectivity index (χ4v) is 8.50. The summed E-state index contributed by atoms with van der Waals surface area (Å²) < 4.78 is 8.95. The molecule has 9 aromatic rings. The molecule has 0 amide bonds.